The molecule has 5 rings (SSSR count). The molecule has 290 valence electrons. The van der Waals surface area contributed by atoms with E-state index in [-0.39, 0.29) is 20.5 Å². The molecule has 0 aromatic heterocycles. The predicted octanol–water partition coefficient (Wildman–Crippen LogP) is 13.9. The Bertz CT molecular complexity index is 1890. The summed E-state index contributed by atoms with van der Waals surface area (Å²) in [7, 11) is 1.30. The molecule has 1 unspecified atom stereocenters. The Morgan fingerprint density at radius 1 is 0.537 bits per heavy atom. The van der Waals surface area contributed by atoms with E-state index in [1.54, 1.807) is 8.52 Å². The molecule has 0 N–H and O–H groups in total. The van der Waals surface area contributed by atoms with Crippen molar-refractivity contribution in [3.63, 3.8) is 0 Å². The van der Waals surface area contributed by atoms with E-state index < -0.39 is 19.2 Å². The Morgan fingerprint density at radius 2 is 0.944 bits per heavy atom. The fourth-order valence-electron chi connectivity index (χ4n) is 8.45. The van der Waals surface area contributed by atoms with Gasteiger partial charge < -0.3 is 0 Å². The van der Waals surface area contributed by atoms with Gasteiger partial charge in [-0.3, -0.25) is 0 Å². The van der Waals surface area contributed by atoms with Crippen LogP contribution in [0, 0.1) is 0 Å². The molecule has 1 atom stereocenters. The van der Waals surface area contributed by atoms with Crippen molar-refractivity contribution in [3.05, 3.63) is 129 Å². The Morgan fingerprint density at radius 3 is 1.26 bits per heavy atom. The topological polar surface area (TPSA) is 9.23 Å². The van der Waals surface area contributed by atoms with Crippen molar-refractivity contribution in [2.75, 3.05) is 0 Å². The molecule has 1 fully saturated rings. The van der Waals surface area contributed by atoms with Crippen molar-refractivity contribution in [2.24, 2.45) is 0 Å². The maximum absolute atomic E-state index is 8.38. The molecule has 1 nitrogen and oxygen atoms in total. The molecule has 1 saturated heterocycles. The second-order valence-corrected chi connectivity index (χ2v) is 31.6. The van der Waals surface area contributed by atoms with Crippen LogP contribution in [0.1, 0.15) is 187 Å². The molecule has 1 aliphatic heterocycles. The normalized spacial score (nSPS) is 18.9. The van der Waals surface area contributed by atoms with Crippen LogP contribution < -0.4 is 9.70 Å². The molecule has 54 heavy (non-hydrogen) atoms. The first-order valence-corrected chi connectivity index (χ1v) is 25.5. The zero-order valence-electron chi connectivity index (χ0n) is 37.2. The number of benzene rings is 4. The summed E-state index contributed by atoms with van der Waals surface area (Å²) in [6.45, 7) is 43.4. The van der Waals surface area contributed by atoms with Crippen LogP contribution in [-0.2, 0) is 25.6 Å². The maximum atomic E-state index is 8.38. The van der Waals surface area contributed by atoms with E-state index >= 15 is 0 Å². The zero-order valence-corrected chi connectivity index (χ0v) is 40.2. The van der Waals surface area contributed by atoms with E-state index in [0.717, 1.165) is 0 Å². The second-order valence-electron chi connectivity index (χ2n) is 21.1. The van der Waals surface area contributed by atoms with Crippen LogP contribution in [0.3, 0.4) is 0 Å². The molecule has 1 aliphatic rings. The summed E-state index contributed by atoms with van der Waals surface area (Å²) in [5, 5.41) is 1.48. The van der Waals surface area contributed by atoms with Gasteiger partial charge >= 0.3 is 337 Å². The fraction of sp³-hybridized carbons (Fsp3) is 0.510. The van der Waals surface area contributed by atoms with Gasteiger partial charge in [0.05, 0.1) is 0 Å². The molecule has 0 radical (unpaired) electrons. The summed E-state index contributed by atoms with van der Waals surface area (Å²) in [4.78, 5) is 0. The molecular weight excluding hydrogens is 732 g/mol. The summed E-state index contributed by atoms with van der Waals surface area (Å²) in [6.07, 6.45) is 0. The van der Waals surface area contributed by atoms with E-state index in [1.807, 2.05) is 0 Å². The molecule has 0 spiro atoms. The van der Waals surface area contributed by atoms with E-state index in [2.05, 4.69) is 210 Å². The standard InChI is InChI=1S/C51H71GeOP/c1-33(2)36-29-40(34(3)4)44(41(30-36)35(5)6)52(50(16,17)18)46(51(53-52,37-25-21-19-22-26-37)38-27-23-20-24-28-38)54-45-42(48(10,11)12)31-39(47(7,8)9)32-43(45)49(13,14)15/h19-35H,1-18H3. The molecule has 0 amide bonds. The molecule has 0 aliphatic carbocycles. The summed E-state index contributed by atoms with van der Waals surface area (Å²) >= 11 is -3.83. The summed E-state index contributed by atoms with van der Waals surface area (Å²) in [5.41, 5.74) is 10.5. The van der Waals surface area contributed by atoms with Gasteiger partial charge in [0.25, 0.3) is 0 Å². The Kier molecular flexibility index (Phi) is 11.7. The minimum absolute atomic E-state index is 0.0312. The van der Waals surface area contributed by atoms with Crippen LogP contribution in [-0.4, -0.2) is 17.7 Å². The van der Waals surface area contributed by atoms with Crippen molar-refractivity contribution in [1.82, 2.24) is 0 Å². The van der Waals surface area contributed by atoms with Gasteiger partial charge in [-0.25, -0.2) is 0 Å². The quantitative estimate of drug-likeness (QED) is 0.134. The third-order valence-electron chi connectivity index (χ3n) is 11.7. The van der Waals surface area contributed by atoms with Gasteiger partial charge in [0, 0.05) is 0 Å². The van der Waals surface area contributed by atoms with Gasteiger partial charge in [0.2, 0.25) is 0 Å². The van der Waals surface area contributed by atoms with E-state index in [0.29, 0.717) is 17.8 Å². The van der Waals surface area contributed by atoms with Gasteiger partial charge in [-0.2, -0.15) is 0 Å². The first-order chi connectivity index (χ1) is 24.8. The van der Waals surface area contributed by atoms with Gasteiger partial charge in [-0.05, 0) is 0 Å². The first kappa shape index (κ1) is 42.7. The van der Waals surface area contributed by atoms with Gasteiger partial charge in [0.1, 0.15) is 0 Å². The number of rotatable bonds is 7. The van der Waals surface area contributed by atoms with Crippen molar-refractivity contribution in [2.45, 2.75) is 168 Å². The van der Waals surface area contributed by atoms with Gasteiger partial charge in [0.15, 0.2) is 0 Å². The summed E-state index contributed by atoms with van der Waals surface area (Å²) < 4.78 is 11.5. The zero-order chi connectivity index (χ0) is 40.4. The molecule has 1 heterocycles. The van der Waals surface area contributed by atoms with Crippen molar-refractivity contribution < 1.29 is 3.76 Å². The van der Waals surface area contributed by atoms with Crippen LogP contribution in [0.4, 0.5) is 0 Å². The first-order valence-electron chi connectivity index (χ1n) is 20.6. The van der Waals surface area contributed by atoms with Gasteiger partial charge in [-0.1, -0.05) is 0 Å². The van der Waals surface area contributed by atoms with Crippen molar-refractivity contribution >= 4 is 35.6 Å². The molecule has 3 heteroatoms. The second kappa shape index (κ2) is 14.8. The third-order valence-corrected chi connectivity index (χ3v) is 25.8. The van der Waals surface area contributed by atoms with Crippen LogP contribution in [0.25, 0.3) is 0 Å². The summed E-state index contributed by atoms with van der Waals surface area (Å²) in [5.74, 6) is 1.19. The van der Waals surface area contributed by atoms with E-state index in [9.17, 15) is 0 Å². The molecule has 4 aromatic rings. The molecule has 0 saturated carbocycles. The van der Waals surface area contributed by atoms with Crippen LogP contribution in [0.5, 0.6) is 0 Å². The Balaban J connectivity index is 2.12. The average molecular weight is 804 g/mol. The minimum atomic E-state index is -3.83. The third kappa shape index (κ3) is 7.53. The van der Waals surface area contributed by atoms with Crippen LogP contribution >= 0.6 is 8.20 Å². The summed E-state index contributed by atoms with van der Waals surface area (Å²) in [6, 6.07) is 32.7. The van der Waals surface area contributed by atoms with Gasteiger partial charge in [-0.15, -0.1) is 0 Å². The van der Waals surface area contributed by atoms with Crippen molar-refractivity contribution in [3.8, 4) is 0 Å². The Labute approximate surface area is 335 Å². The van der Waals surface area contributed by atoms with Crippen molar-refractivity contribution in [1.29, 1.82) is 0 Å². The molecular formula is C51H71GeOP. The average Bonchev–Trinajstić information content (AvgIpc) is 3.05. The van der Waals surface area contributed by atoms with E-state index in [4.69, 9.17) is 3.76 Å². The predicted molar refractivity (Wildman–Crippen MR) is 243 cm³/mol. The molecule has 4 aromatic carbocycles. The van der Waals surface area contributed by atoms with Crippen LogP contribution in [0.15, 0.2) is 84.9 Å². The SMILES string of the molecule is CC(C)c1cc(C(C)C)[c]([Ge]2([C](C)(C)C)[O]C(c3ccccc3)(c3ccccc3)[C]2=Pc2c(C(C)(C)C)cc(C(C)(C)C)cc2C(C)(C)C)c(C(C)C)c1. The fourth-order valence-corrected chi connectivity index (χ4v) is 25.7. The monoisotopic (exact) mass is 804 g/mol. The number of hydrogen-bond donors (Lipinski definition) is 0. The van der Waals surface area contributed by atoms with Crippen LogP contribution in [0.2, 0.25) is 4.25 Å². The molecule has 0 bridgehead atoms. The van der Waals surface area contributed by atoms with E-state index in [1.165, 1.54) is 58.0 Å². The Hall–Kier alpha value is -2.45. The number of hydrogen-bond acceptors (Lipinski definition) is 1.